The maximum absolute atomic E-state index is 8.81. The Hall–Kier alpha value is 0.557. The first-order valence-corrected chi connectivity index (χ1v) is 0.813. The van der Waals surface area contributed by atoms with Crippen LogP contribution in [0.5, 0.6) is 0 Å². The molecule has 26 valence electrons. The van der Waals surface area contributed by atoms with E-state index < -0.39 is 0 Å². The fourth-order valence-corrected chi connectivity index (χ4v) is 0. The van der Waals surface area contributed by atoms with Crippen molar-refractivity contribution in [1.82, 2.24) is 0 Å². The van der Waals surface area contributed by atoms with Gasteiger partial charge in [-0.2, -0.15) is 0 Å². The van der Waals surface area contributed by atoms with Crippen LogP contribution < -0.4 is 31.3 Å². The quantitative estimate of drug-likeness (QED) is 0.212. The Bertz CT molecular complexity index is 17.1. The molecule has 0 amide bonds. The number of aldehydes is 1. The van der Waals surface area contributed by atoms with Crippen LogP contribution in [0.25, 0.3) is 0 Å². The second-order valence-electron chi connectivity index (χ2n) is 0.236. The van der Waals surface area contributed by atoms with Crippen LogP contribution in [0.3, 0.4) is 0 Å². The average molecular weight is 86.4 g/mol. The van der Waals surface area contributed by atoms with E-state index in [1.807, 2.05) is 0 Å². The van der Waals surface area contributed by atoms with Crippen molar-refractivity contribution < 1.29 is 36.1 Å². The molecule has 3 heteroatoms. The zero-order valence-corrected chi connectivity index (χ0v) is 4.12. The van der Waals surface area contributed by atoms with Crippen molar-refractivity contribution in [2.75, 3.05) is 0 Å². The standard InChI is InChI=1S/C2H4O.ClH.Li/c1-2-3;;/h2H,1H3;1H;/q;;+1/p-1. The van der Waals surface area contributed by atoms with Crippen molar-refractivity contribution in [2.24, 2.45) is 0 Å². The van der Waals surface area contributed by atoms with E-state index in [0.717, 1.165) is 6.29 Å². The van der Waals surface area contributed by atoms with Crippen LogP contribution in [0, 0.1) is 0 Å². The third-order valence-corrected chi connectivity index (χ3v) is 0. The normalized spacial score (nSPS) is 2.60. The first kappa shape index (κ1) is 17.6. The Balaban J connectivity index is -0.0000000200. The van der Waals surface area contributed by atoms with Crippen molar-refractivity contribution in [2.45, 2.75) is 6.92 Å². The molecule has 0 aromatic carbocycles. The number of carbonyl (C=O) groups is 1. The summed E-state index contributed by atoms with van der Waals surface area (Å²) < 4.78 is 0. The van der Waals surface area contributed by atoms with Gasteiger partial charge in [-0.25, -0.2) is 0 Å². The monoisotopic (exact) mass is 86.0 g/mol. The van der Waals surface area contributed by atoms with E-state index in [1.54, 1.807) is 0 Å². The van der Waals surface area contributed by atoms with Crippen molar-refractivity contribution in [3.8, 4) is 0 Å². The summed E-state index contributed by atoms with van der Waals surface area (Å²) in [7, 11) is 0. The van der Waals surface area contributed by atoms with Gasteiger partial charge in [0.25, 0.3) is 0 Å². The molecule has 0 bridgehead atoms. The minimum Gasteiger partial charge on any atom is -1.00 e. The van der Waals surface area contributed by atoms with Gasteiger partial charge >= 0.3 is 18.9 Å². The summed E-state index contributed by atoms with van der Waals surface area (Å²) in [5, 5.41) is 0. The van der Waals surface area contributed by atoms with Gasteiger partial charge in [0.15, 0.2) is 0 Å². The van der Waals surface area contributed by atoms with E-state index in [0.29, 0.717) is 0 Å². The summed E-state index contributed by atoms with van der Waals surface area (Å²) in [6.07, 6.45) is 0.750. The summed E-state index contributed by atoms with van der Waals surface area (Å²) in [6.45, 7) is 1.44. The Labute approximate surface area is 49.7 Å². The molecule has 0 fully saturated rings. The molecule has 0 aliphatic rings. The molecule has 0 aliphatic heterocycles. The average Bonchev–Trinajstić information content (AvgIpc) is 0.918. The molecule has 0 atom stereocenters. The molecule has 0 heterocycles. The van der Waals surface area contributed by atoms with Crippen LogP contribution in [0.2, 0.25) is 0 Å². The largest absolute Gasteiger partial charge is 1.00 e. The number of hydrogen-bond donors (Lipinski definition) is 0. The molecule has 5 heavy (non-hydrogen) atoms. The van der Waals surface area contributed by atoms with Crippen molar-refractivity contribution in [1.29, 1.82) is 0 Å². The second-order valence-corrected chi connectivity index (χ2v) is 0.236. The molecule has 0 aliphatic carbocycles. The molecule has 1 nitrogen and oxygen atoms in total. The van der Waals surface area contributed by atoms with Crippen molar-refractivity contribution in [3.05, 3.63) is 0 Å². The fraction of sp³-hybridized carbons (Fsp3) is 0.500. The molecule has 0 aromatic heterocycles. The van der Waals surface area contributed by atoms with Crippen LogP contribution in [0.15, 0.2) is 0 Å². The smallest absolute Gasteiger partial charge is 1.00 e. The van der Waals surface area contributed by atoms with Crippen molar-refractivity contribution in [3.63, 3.8) is 0 Å². The molecule has 0 radical (unpaired) electrons. The second kappa shape index (κ2) is 23.8. The Kier molecular flexibility index (Phi) is 83.9. The van der Waals surface area contributed by atoms with Gasteiger partial charge < -0.3 is 17.2 Å². The number of hydrogen-bond acceptors (Lipinski definition) is 1. The molecule has 0 rings (SSSR count). The Morgan fingerprint density at radius 3 is 1.60 bits per heavy atom. The maximum atomic E-state index is 8.81. The van der Waals surface area contributed by atoms with Gasteiger partial charge in [-0.3, -0.25) is 0 Å². The Morgan fingerprint density at radius 1 is 1.60 bits per heavy atom. The summed E-state index contributed by atoms with van der Waals surface area (Å²) in [5.74, 6) is 0. The van der Waals surface area contributed by atoms with Crippen LogP contribution in [0.4, 0.5) is 0 Å². The van der Waals surface area contributed by atoms with Gasteiger partial charge in [-0.15, -0.1) is 0 Å². The van der Waals surface area contributed by atoms with Gasteiger partial charge in [0.05, 0.1) is 0 Å². The molecule has 0 unspecified atom stereocenters. The van der Waals surface area contributed by atoms with Gasteiger partial charge in [0.2, 0.25) is 0 Å². The molecule has 0 saturated heterocycles. The topological polar surface area (TPSA) is 17.1 Å². The van der Waals surface area contributed by atoms with Gasteiger partial charge in [-0.1, -0.05) is 0 Å². The minimum atomic E-state index is 0. The van der Waals surface area contributed by atoms with Crippen LogP contribution in [-0.4, -0.2) is 6.29 Å². The van der Waals surface area contributed by atoms with E-state index in [4.69, 9.17) is 4.79 Å². The van der Waals surface area contributed by atoms with E-state index in [9.17, 15) is 0 Å². The van der Waals surface area contributed by atoms with E-state index >= 15 is 0 Å². The third-order valence-electron chi connectivity index (χ3n) is 0. The molecule has 0 spiro atoms. The summed E-state index contributed by atoms with van der Waals surface area (Å²) in [4.78, 5) is 8.81. The maximum Gasteiger partial charge on any atom is 1.00 e. The fourth-order valence-electron chi connectivity index (χ4n) is 0. The van der Waals surface area contributed by atoms with Crippen LogP contribution in [0.1, 0.15) is 6.92 Å². The summed E-state index contributed by atoms with van der Waals surface area (Å²) in [5.41, 5.74) is 0. The predicted molar refractivity (Wildman–Crippen MR) is 11.7 cm³/mol. The van der Waals surface area contributed by atoms with Gasteiger partial charge in [0.1, 0.15) is 6.29 Å². The summed E-state index contributed by atoms with van der Waals surface area (Å²) >= 11 is 0. The van der Waals surface area contributed by atoms with Crippen LogP contribution in [-0.2, 0) is 4.79 Å². The zero-order chi connectivity index (χ0) is 2.71. The van der Waals surface area contributed by atoms with E-state index in [-0.39, 0.29) is 31.3 Å². The number of rotatable bonds is 0. The molecule has 0 aromatic rings. The SMILES string of the molecule is CC=O.[Cl-].[Li+]. The number of carbonyl (C=O) groups excluding carboxylic acids is 1. The third kappa shape index (κ3) is 95.9. The molecular formula is C2H4ClLiO. The van der Waals surface area contributed by atoms with Crippen molar-refractivity contribution >= 4 is 6.29 Å². The first-order chi connectivity index (χ1) is 1.41. The minimum absolute atomic E-state index is 0. The van der Waals surface area contributed by atoms with E-state index in [2.05, 4.69) is 0 Å². The predicted octanol–water partition coefficient (Wildman–Crippen LogP) is -5.79. The van der Waals surface area contributed by atoms with E-state index in [1.165, 1.54) is 6.92 Å². The molecular weight excluding hydrogens is 82.4 g/mol. The number of halogens is 1. The van der Waals surface area contributed by atoms with Gasteiger partial charge in [-0.05, 0) is 6.92 Å². The molecule has 0 saturated carbocycles. The van der Waals surface area contributed by atoms with Crippen LogP contribution >= 0.6 is 0 Å². The zero-order valence-electron chi connectivity index (χ0n) is 3.36. The van der Waals surface area contributed by atoms with Gasteiger partial charge in [0, 0.05) is 0 Å². The first-order valence-electron chi connectivity index (χ1n) is 0.813. The molecule has 0 N–H and O–H groups in total. The summed E-state index contributed by atoms with van der Waals surface area (Å²) in [6, 6.07) is 0. The Morgan fingerprint density at radius 2 is 1.60 bits per heavy atom.